The maximum absolute atomic E-state index is 12.2. The van der Waals surface area contributed by atoms with Crippen LogP contribution in [-0.4, -0.2) is 32.4 Å². The van der Waals surface area contributed by atoms with Crippen molar-refractivity contribution in [3.05, 3.63) is 23.1 Å². The van der Waals surface area contributed by atoms with Crippen molar-refractivity contribution < 1.29 is 4.79 Å². The van der Waals surface area contributed by atoms with Crippen molar-refractivity contribution in [1.82, 2.24) is 25.3 Å². The Kier molecular flexibility index (Phi) is 4.50. The first-order valence-corrected chi connectivity index (χ1v) is 8.40. The van der Waals surface area contributed by atoms with Gasteiger partial charge in [0.15, 0.2) is 0 Å². The molecule has 2 aromatic heterocycles. The van der Waals surface area contributed by atoms with Gasteiger partial charge in [0, 0.05) is 24.8 Å². The van der Waals surface area contributed by atoms with E-state index in [4.69, 9.17) is 0 Å². The highest BCUT2D eigenvalue weighted by molar-refractivity contribution is 5.93. The van der Waals surface area contributed by atoms with E-state index in [0.717, 1.165) is 41.5 Å². The molecule has 0 aromatic carbocycles. The predicted octanol–water partition coefficient (Wildman–Crippen LogP) is 2.74. The average Bonchev–Trinajstić information content (AvgIpc) is 3.22. The molecule has 0 spiro atoms. The smallest absolute Gasteiger partial charge is 0.269 e. The fourth-order valence-corrected chi connectivity index (χ4v) is 3.49. The predicted molar refractivity (Wildman–Crippen MR) is 89.2 cm³/mol. The van der Waals surface area contributed by atoms with E-state index in [9.17, 15) is 4.79 Å². The number of carbonyl (C=O) groups excluding carboxylic acids is 1. The largest absolute Gasteiger partial charge is 0.351 e. The minimum atomic E-state index is -0.0825. The van der Waals surface area contributed by atoms with Gasteiger partial charge in [-0.3, -0.25) is 14.6 Å². The number of aromatic nitrogens is 4. The van der Waals surface area contributed by atoms with Gasteiger partial charge in [-0.2, -0.15) is 10.2 Å². The molecule has 1 fully saturated rings. The molecule has 0 aliphatic heterocycles. The summed E-state index contributed by atoms with van der Waals surface area (Å²) >= 11 is 0. The Labute approximate surface area is 136 Å². The number of aromatic amines is 1. The summed E-state index contributed by atoms with van der Waals surface area (Å²) in [5.74, 6) is 0.703. The zero-order valence-electron chi connectivity index (χ0n) is 14.1. The first-order valence-electron chi connectivity index (χ1n) is 8.40. The monoisotopic (exact) mass is 315 g/mol. The van der Waals surface area contributed by atoms with E-state index in [2.05, 4.69) is 20.6 Å². The standard InChI is InChI=1S/C17H25N5O/c1-11-16(12(2)22(3)21-11)14-10-15(20-19-14)17(23)18-9-8-13-6-4-5-7-13/h10,13H,4-9H2,1-3H3,(H,18,23)(H,19,20). The van der Waals surface area contributed by atoms with E-state index < -0.39 is 0 Å². The van der Waals surface area contributed by atoms with E-state index in [-0.39, 0.29) is 5.91 Å². The van der Waals surface area contributed by atoms with Gasteiger partial charge in [0.05, 0.1) is 11.4 Å². The Morgan fingerprint density at radius 2 is 2.13 bits per heavy atom. The van der Waals surface area contributed by atoms with Gasteiger partial charge >= 0.3 is 0 Å². The van der Waals surface area contributed by atoms with Crippen molar-refractivity contribution in [2.24, 2.45) is 13.0 Å². The molecule has 0 atom stereocenters. The molecular weight excluding hydrogens is 290 g/mol. The highest BCUT2D eigenvalue weighted by atomic mass is 16.1. The van der Waals surface area contributed by atoms with Crippen LogP contribution in [-0.2, 0) is 7.05 Å². The summed E-state index contributed by atoms with van der Waals surface area (Å²) in [6.07, 6.45) is 6.37. The van der Waals surface area contributed by atoms with Gasteiger partial charge in [-0.15, -0.1) is 0 Å². The van der Waals surface area contributed by atoms with E-state index in [1.165, 1.54) is 25.7 Å². The molecule has 124 valence electrons. The van der Waals surface area contributed by atoms with E-state index in [0.29, 0.717) is 5.69 Å². The number of hydrogen-bond acceptors (Lipinski definition) is 3. The Balaban J connectivity index is 1.63. The third-order valence-corrected chi connectivity index (χ3v) is 4.90. The molecule has 1 amide bonds. The first kappa shape index (κ1) is 15.8. The number of nitrogens with zero attached hydrogens (tertiary/aromatic N) is 3. The number of aryl methyl sites for hydroxylation is 2. The first-order chi connectivity index (χ1) is 11.1. The summed E-state index contributed by atoms with van der Waals surface area (Å²) < 4.78 is 1.83. The van der Waals surface area contributed by atoms with E-state index >= 15 is 0 Å². The quantitative estimate of drug-likeness (QED) is 0.891. The molecule has 0 saturated heterocycles. The molecule has 23 heavy (non-hydrogen) atoms. The summed E-state index contributed by atoms with van der Waals surface area (Å²) in [5.41, 5.74) is 4.24. The third kappa shape index (κ3) is 3.30. The molecule has 0 radical (unpaired) electrons. The number of nitrogens with one attached hydrogen (secondary N) is 2. The minimum absolute atomic E-state index is 0.0825. The Hall–Kier alpha value is -2.11. The molecule has 1 saturated carbocycles. The second-order valence-electron chi connectivity index (χ2n) is 6.53. The molecule has 6 heteroatoms. The third-order valence-electron chi connectivity index (χ3n) is 4.90. The van der Waals surface area contributed by atoms with E-state index in [1.807, 2.05) is 31.6 Å². The van der Waals surface area contributed by atoms with Crippen LogP contribution in [0.25, 0.3) is 11.3 Å². The highest BCUT2D eigenvalue weighted by Crippen LogP contribution is 2.27. The minimum Gasteiger partial charge on any atom is -0.351 e. The lowest BCUT2D eigenvalue weighted by Crippen LogP contribution is -2.25. The molecule has 3 rings (SSSR count). The van der Waals surface area contributed by atoms with Gasteiger partial charge in [0.25, 0.3) is 5.91 Å². The van der Waals surface area contributed by atoms with Gasteiger partial charge in [-0.05, 0) is 32.3 Å². The lowest BCUT2D eigenvalue weighted by atomic mass is 10.0. The molecule has 2 heterocycles. The topological polar surface area (TPSA) is 75.6 Å². The van der Waals surface area contributed by atoms with Crippen molar-refractivity contribution in [3.8, 4) is 11.3 Å². The van der Waals surface area contributed by atoms with Gasteiger partial charge in [0.1, 0.15) is 5.69 Å². The van der Waals surface area contributed by atoms with Crippen molar-refractivity contribution in [3.63, 3.8) is 0 Å². The van der Waals surface area contributed by atoms with Crippen LogP contribution in [0.5, 0.6) is 0 Å². The Morgan fingerprint density at radius 1 is 1.39 bits per heavy atom. The molecule has 1 aliphatic rings. The second-order valence-corrected chi connectivity index (χ2v) is 6.53. The summed E-state index contributed by atoms with van der Waals surface area (Å²) in [6, 6.07) is 1.81. The lowest BCUT2D eigenvalue weighted by molar-refractivity contribution is 0.0946. The highest BCUT2D eigenvalue weighted by Gasteiger charge is 2.18. The number of hydrogen-bond donors (Lipinski definition) is 2. The van der Waals surface area contributed by atoms with Gasteiger partial charge in [-0.25, -0.2) is 0 Å². The molecule has 1 aliphatic carbocycles. The van der Waals surface area contributed by atoms with Crippen LogP contribution in [0.15, 0.2) is 6.07 Å². The van der Waals surface area contributed by atoms with Crippen LogP contribution in [0.1, 0.15) is 54.0 Å². The molecule has 2 aromatic rings. The number of H-pyrrole nitrogens is 1. The summed E-state index contributed by atoms with van der Waals surface area (Å²) in [5, 5.41) is 14.5. The second kappa shape index (κ2) is 6.56. The average molecular weight is 315 g/mol. The molecule has 0 unspecified atom stereocenters. The molecule has 6 nitrogen and oxygen atoms in total. The van der Waals surface area contributed by atoms with Crippen LogP contribution >= 0.6 is 0 Å². The lowest BCUT2D eigenvalue weighted by Gasteiger charge is -2.08. The summed E-state index contributed by atoms with van der Waals surface area (Å²) in [4.78, 5) is 12.2. The Bertz CT molecular complexity index is 694. The van der Waals surface area contributed by atoms with Crippen molar-refractivity contribution in [1.29, 1.82) is 0 Å². The van der Waals surface area contributed by atoms with Crippen molar-refractivity contribution in [2.75, 3.05) is 6.54 Å². The maximum Gasteiger partial charge on any atom is 0.269 e. The zero-order valence-corrected chi connectivity index (χ0v) is 14.1. The SMILES string of the molecule is Cc1nn(C)c(C)c1-c1cc(C(=O)NCCC2CCCC2)[nH]n1. The maximum atomic E-state index is 12.2. The van der Waals surface area contributed by atoms with Gasteiger partial charge in [-0.1, -0.05) is 25.7 Å². The fraction of sp³-hybridized carbons (Fsp3) is 0.588. The Morgan fingerprint density at radius 3 is 2.78 bits per heavy atom. The summed E-state index contributed by atoms with van der Waals surface area (Å²) in [6.45, 7) is 4.70. The van der Waals surface area contributed by atoms with Crippen LogP contribution < -0.4 is 5.32 Å². The fourth-order valence-electron chi connectivity index (χ4n) is 3.49. The number of carbonyl (C=O) groups is 1. The van der Waals surface area contributed by atoms with Crippen LogP contribution in [0.4, 0.5) is 0 Å². The molecular formula is C17H25N5O. The van der Waals surface area contributed by atoms with Crippen LogP contribution in [0, 0.1) is 19.8 Å². The van der Waals surface area contributed by atoms with Gasteiger partial charge < -0.3 is 5.32 Å². The molecule has 0 bridgehead atoms. The molecule has 2 N–H and O–H groups in total. The van der Waals surface area contributed by atoms with Crippen molar-refractivity contribution in [2.45, 2.75) is 46.0 Å². The number of amides is 1. The summed E-state index contributed by atoms with van der Waals surface area (Å²) in [7, 11) is 1.91. The number of rotatable bonds is 5. The van der Waals surface area contributed by atoms with E-state index in [1.54, 1.807) is 0 Å². The normalized spacial score (nSPS) is 15.3. The van der Waals surface area contributed by atoms with Gasteiger partial charge in [0.2, 0.25) is 0 Å². The van der Waals surface area contributed by atoms with Crippen LogP contribution in [0.2, 0.25) is 0 Å². The zero-order chi connectivity index (χ0) is 16.4. The van der Waals surface area contributed by atoms with Crippen molar-refractivity contribution >= 4 is 5.91 Å². The van der Waals surface area contributed by atoms with Crippen LogP contribution in [0.3, 0.4) is 0 Å².